The number of aliphatic hydroxyl groups is 2. The summed E-state index contributed by atoms with van der Waals surface area (Å²) >= 11 is 0. The van der Waals surface area contributed by atoms with E-state index < -0.39 is 94.6 Å². The van der Waals surface area contributed by atoms with E-state index in [9.17, 15) is 19.8 Å². The molecule has 5 unspecified atom stereocenters. The van der Waals surface area contributed by atoms with Gasteiger partial charge in [-0.05, 0) is 138 Å². The monoisotopic (exact) mass is 1080 g/mol. The van der Waals surface area contributed by atoms with Crippen LogP contribution in [0.3, 0.4) is 0 Å². The van der Waals surface area contributed by atoms with Gasteiger partial charge in [-0.2, -0.15) is 0 Å². The molecule has 4 bridgehead atoms. The number of ketones is 2. The summed E-state index contributed by atoms with van der Waals surface area (Å²) in [4.78, 5) is 65.3. The number of esters is 2. The fourth-order valence-corrected chi connectivity index (χ4v) is 14.1. The lowest BCUT2D eigenvalue weighted by Crippen LogP contribution is -2.84. The zero-order valence-corrected chi connectivity index (χ0v) is 47.4. The highest BCUT2D eigenvalue weighted by Crippen LogP contribution is 2.72. The number of allylic oxidation sites excluding steroid dienone is 4. The number of ether oxygens (including phenoxy) is 9. The summed E-state index contributed by atoms with van der Waals surface area (Å²) in [5.41, 5.74) is -1.57. The molecule has 17 heteroatoms. The maximum Gasteiger partial charge on any atom is 0.343 e. The van der Waals surface area contributed by atoms with Crippen LogP contribution in [-0.2, 0) is 39.7 Å². The number of likely N-dealkylation sites (N-methyl/N-ethyl adjacent to an activating group) is 1. The van der Waals surface area contributed by atoms with Crippen LogP contribution in [0.2, 0.25) is 0 Å². The Morgan fingerprint density at radius 1 is 0.885 bits per heavy atom. The second kappa shape index (κ2) is 20.4. The first-order valence-electron chi connectivity index (χ1n) is 27.6. The Morgan fingerprint density at radius 3 is 2.24 bits per heavy atom. The minimum atomic E-state index is -1.73. The van der Waals surface area contributed by atoms with E-state index in [0.717, 1.165) is 18.7 Å². The van der Waals surface area contributed by atoms with Gasteiger partial charge in [0, 0.05) is 61.6 Å². The number of nitrogens with zero attached hydrogens (tertiary/aromatic N) is 2. The van der Waals surface area contributed by atoms with Crippen LogP contribution in [-0.4, -0.2) is 155 Å². The number of hydrogen-bond donors (Lipinski definition) is 2. The lowest BCUT2D eigenvalue weighted by atomic mass is 9.41. The zero-order valence-electron chi connectivity index (χ0n) is 47.4. The molecule has 2 N–H and O–H groups in total. The SMILES string of the molecule is COC(=O)/C(C)=C\CC12OC(C)(C)[C@H]3[C@H](C)[C@H](C1=O)C(N1CCN(C)CC1)C1C(=O)c4c(OC(=O)c5ccc(O[C@@H]6O[C@@H]7COC(C)(C)O[C@H]7[C@H](O)[C@H]6O)cc5)c5c(c(CC=C(C)C)c4OC132)OC(C)(CCC=C(C)C)C=C5. The van der Waals surface area contributed by atoms with Crippen LogP contribution in [0.15, 0.2) is 65.3 Å². The predicted octanol–water partition coefficient (Wildman–Crippen LogP) is 7.37. The smallest absolute Gasteiger partial charge is 0.343 e. The average molecular weight is 1080 g/mol. The normalized spacial score (nSPS) is 35.2. The van der Waals surface area contributed by atoms with E-state index in [4.69, 9.17) is 42.6 Å². The van der Waals surface area contributed by atoms with Gasteiger partial charge < -0.3 is 57.7 Å². The van der Waals surface area contributed by atoms with Crippen LogP contribution < -0.4 is 18.9 Å². The fourth-order valence-electron chi connectivity index (χ4n) is 14.1. The minimum absolute atomic E-state index is 0.0305. The number of aliphatic hydroxyl groups excluding tert-OH is 2. The fraction of sp³-hybridized carbons (Fsp3) is 0.607. The lowest BCUT2D eigenvalue weighted by Gasteiger charge is -2.66. The third kappa shape index (κ3) is 9.27. The van der Waals surface area contributed by atoms with Crippen LogP contribution in [0.1, 0.15) is 127 Å². The van der Waals surface area contributed by atoms with Crippen LogP contribution in [0.25, 0.3) is 6.08 Å². The van der Waals surface area contributed by atoms with Gasteiger partial charge in [-0.15, -0.1) is 0 Å². The minimum Gasteiger partial charge on any atom is -0.482 e. The van der Waals surface area contributed by atoms with E-state index in [1.54, 1.807) is 26.8 Å². The molecule has 2 aromatic rings. The van der Waals surface area contributed by atoms with E-state index in [2.05, 4.69) is 43.7 Å². The summed E-state index contributed by atoms with van der Waals surface area (Å²) in [6.07, 6.45) is 5.61. The Hall–Kier alpha value is -5.24. The van der Waals surface area contributed by atoms with E-state index in [-0.39, 0.29) is 70.9 Å². The molecule has 17 nitrogen and oxygen atoms in total. The maximum absolute atomic E-state index is 16.8. The quantitative estimate of drug-likeness (QED) is 0.0872. The van der Waals surface area contributed by atoms with Gasteiger partial charge >= 0.3 is 11.9 Å². The molecule has 78 heavy (non-hydrogen) atoms. The molecule has 6 heterocycles. The molecule has 13 atom stereocenters. The van der Waals surface area contributed by atoms with E-state index in [1.807, 2.05) is 52.8 Å². The molecule has 0 aromatic heterocycles. The first-order valence-corrected chi connectivity index (χ1v) is 27.6. The summed E-state index contributed by atoms with van der Waals surface area (Å²) in [5.74, 6) is -4.53. The standard InChI is InChI=1S/C61H78N2O15/c1-32(2)15-14-24-59(11)25-23-39-48(76-59)38(21-16-33(3)4)50-42(49(39)74-55(69)36-17-19-37(20-18-36)72-56-47(66)46(65)51-40(73-56)31-71-58(9,10)75-51)45(64)43-44(63-29-27-62(12)28-30-63)41-35(6)52-57(7,8)78-60(53(41)67,61(43,52)77-50)26-22-34(5)54(68)70-13/h15-20,22-23,25,35,40-41,43-44,46-47,51-52,56,65-66H,14,21,24,26-31H2,1-13H3/b34-22-/t35-,40-,41+,43?,44?,46-,47-,51-,52-,56-,59?,60?,61?/m1/s1. The highest BCUT2D eigenvalue weighted by Gasteiger charge is 2.87. The molecule has 6 aliphatic heterocycles. The Balaban J connectivity index is 1.12. The molecule has 3 aliphatic carbocycles. The number of Topliss-reactive ketones (excluding diaryl/α,β-unsaturated/α-hetero) is 2. The number of fused-ring (bicyclic) bond motifs is 3. The van der Waals surface area contributed by atoms with Crippen molar-refractivity contribution in [3.63, 3.8) is 0 Å². The van der Waals surface area contributed by atoms with Crippen LogP contribution in [0.4, 0.5) is 0 Å². The molecule has 9 aliphatic rings. The first kappa shape index (κ1) is 56.1. The van der Waals surface area contributed by atoms with Crippen molar-refractivity contribution in [2.24, 2.45) is 23.7 Å². The number of rotatable bonds is 13. The molecule has 4 saturated heterocycles. The van der Waals surface area contributed by atoms with Gasteiger partial charge in [0.1, 0.15) is 52.8 Å². The van der Waals surface area contributed by atoms with Crippen molar-refractivity contribution in [1.82, 2.24) is 9.80 Å². The third-order valence-electron chi connectivity index (χ3n) is 17.7. The Morgan fingerprint density at radius 2 is 1.58 bits per heavy atom. The zero-order chi connectivity index (χ0) is 56.2. The van der Waals surface area contributed by atoms with Crippen molar-refractivity contribution in [3.8, 4) is 23.0 Å². The third-order valence-corrected chi connectivity index (χ3v) is 17.7. The molecule has 422 valence electrons. The van der Waals surface area contributed by atoms with Crippen LogP contribution in [0, 0.1) is 23.7 Å². The molecule has 7 fully saturated rings. The van der Waals surface area contributed by atoms with E-state index in [1.165, 1.54) is 36.9 Å². The molecular weight excluding hydrogens is 1000 g/mol. The van der Waals surface area contributed by atoms with Gasteiger partial charge in [0.25, 0.3) is 0 Å². The number of carbonyl (C=O) groups excluding carboxylic acids is 4. The van der Waals surface area contributed by atoms with Crippen molar-refractivity contribution in [1.29, 1.82) is 0 Å². The summed E-state index contributed by atoms with van der Waals surface area (Å²) in [6.45, 7) is 23.9. The van der Waals surface area contributed by atoms with Crippen molar-refractivity contribution >= 4 is 29.6 Å². The molecular formula is C61H78N2O15. The lowest BCUT2D eigenvalue weighted by molar-refractivity contribution is -0.373. The molecule has 1 spiro atoms. The molecule has 2 aromatic carbocycles. The van der Waals surface area contributed by atoms with Gasteiger partial charge in [0.15, 0.2) is 34.3 Å². The summed E-state index contributed by atoms with van der Waals surface area (Å²) in [7, 11) is 3.37. The van der Waals surface area contributed by atoms with Gasteiger partial charge in [0.05, 0.1) is 36.4 Å². The van der Waals surface area contributed by atoms with Crippen molar-refractivity contribution in [2.75, 3.05) is 46.9 Å². The highest BCUT2D eigenvalue weighted by molar-refractivity contribution is 6.11. The van der Waals surface area contributed by atoms with Crippen molar-refractivity contribution in [2.45, 2.75) is 167 Å². The highest BCUT2D eigenvalue weighted by atomic mass is 16.8. The second-order valence-corrected chi connectivity index (χ2v) is 24.6. The Labute approximate surface area is 457 Å². The number of methoxy groups -OCH3 is 1. The van der Waals surface area contributed by atoms with Crippen LogP contribution in [0.5, 0.6) is 23.0 Å². The average Bonchev–Trinajstić information content (AvgIpc) is 2.11. The van der Waals surface area contributed by atoms with Crippen molar-refractivity contribution < 1.29 is 72.0 Å². The van der Waals surface area contributed by atoms with E-state index in [0.29, 0.717) is 42.8 Å². The first-order chi connectivity index (χ1) is 36.8. The molecule has 0 amide bonds. The Bertz CT molecular complexity index is 2870. The van der Waals surface area contributed by atoms with Gasteiger partial charge in [-0.1, -0.05) is 36.3 Å². The van der Waals surface area contributed by atoms with Gasteiger partial charge in [-0.25, -0.2) is 9.59 Å². The number of benzene rings is 2. The summed E-state index contributed by atoms with van der Waals surface area (Å²) < 4.78 is 57.9. The second-order valence-electron chi connectivity index (χ2n) is 24.6. The number of carbonyl (C=O) groups is 4. The van der Waals surface area contributed by atoms with Gasteiger partial charge in [0.2, 0.25) is 6.29 Å². The molecule has 0 radical (unpaired) electrons. The van der Waals surface area contributed by atoms with Gasteiger partial charge in [-0.3, -0.25) is 14.5 Å². The largest absolute Gasteiger partial charge is 0.482 e. The maximum atomic E-state index is 16.8. The Kier molecular flexibility index (Phi) is 14.6. The summed E-state index contributed by atoms with van der Waals surface area (Å²) in [6, 6.07) is 5.45. The number of hydrogen-bond acceptors (Lipinski definition) is 17. The van der Waals surface area contributed by atoms with Crippen molar-refractivity contribution in [3.05, 3.63) is 87.5 Å². The van der Waals surface area contributed by atoms with Crippen LogP contribution >= 0.6 is 0 Å². The summed E-state index contributed by atoms with van der Waals surface area (Å²) in [5, 5.41) is 22.1. The molecule has 3 saturated carbocycles. The van der Waals surface area contributed by atoms with E-state index >= 15 is 9.59 Å². The number of piperazine rings is 1. The molecule has 11 rings (SSSR count). The predicted molar refractivity (Wildman–Crippen MR) is 287 cm³/mol. The topological polar surface area (TPSA) is 198 Å².